The second-order valence-electron chi connectivity index (χ2n) is 2.30. The first-order chi connectivity index (χ1) is 5.70. The Balaban J connectivity index is 2.89. The van der Waals surface area contributed by atoms with Crippen LogP contribution in [0.1, 0.15) is 5.56 Å². The van der Waals surface area contributed by atoms with E-state index in [0.29, 0.717) is 0 Å². The normalized spacial score (nSPS) is 11.2. The highest BCUT2D eigenvalue weighted by Gasteiger charge is 1.96. The van der Waals surface area contributed by atoms with E-state index in [1.54, 1.807) is 6.08 Å². The molecule has 0 bridgehead atoms. The maximum Gasteiger partial charge on any atom is 0.254 e. The molecule has 0 spiro atoms. The number of carbonyl (C=O) groups excluding carboxylic acids is 1. The molecular formula is C9H9NOS. The molecule has 0 saturated heterocycles. The SMILES string of the molecule is NC(=O)C(S)=Cc1ccccc1. The van der Waals surface area contributed by atoms with Gasteiger partial charge < -0.3 is 5.73 Å². The summed E-state index contributed by atoms with van der Waals surface area (Å²) in [5.74, 6) is -0.512. The average Bonchev–Trinajstić information content (AvgIpc) is 2.06. The van der Waals surface area contributed by atoms with E-state index in [0.717, 1.165) is 5.56 Å². The minimum Gasteiger partial charge on any atom is -0.365 e. The predicted molar refractivity (Wildman–Crippen MR) is 52.6 cm³/mol. The molecule has 0 fully saturated rings. The minimum absolute atomic E-state index is 0.265. The van der Waals surface area contributed by atoms with Crippen LogP contribution in [0.25, 0.3) is 6.08 Å². The molecule has 0 aliphatic heterocycles. The van der Waals surface area contributed by atoms with Crippen LogP contribution < -0.4 is 5.73 Å². The van der Waals surface area contributed by atoms with Gasteiger partial charge in [-0.2, -0.15) is 0 Å². The van der Waals surface area contributed by atoms with E-state index < -0.39 is 5.91 Å². The van der Waals surface area contributed by atoms with Crippen molar-refractivity contribution in [3.05, 3.63) is 40.8 Å². The Bertz CT molecular complexity index is 306. The van der Waals surface area contributed by atoms with Crippen LogP contribution in [-0.2, 0) is 4.79 Å². The Morgan fingerprint density at radius 2 is 1.92 bits per heavy atom. The van der Waals surface area contributed by atoms with Crippen molar-refractivity contribution in [2.75, 3.05) is 0 Å². The standard InChI is InChI=1S/C9H9NOS/c10-9(11)8(12)6-7-4-2-1-3-5-7/h1-6,12H,(H2,10,11). The van der Waals surface area contributed by atoms with Crippen molar-refractivity contribution >= 4 is 24.6 Å². The average molecular weight is 179 g/mol. The zero-order chi connectivity index (χ0) is 8.97. The van der Waals surface area contributed by atoms with Crippen LogP contribution in [-0.4, -0.2) is 5.91 Å². The molecule has 12 heavy (non-hydrogen) atoms. The van der Waals surface area contributed by atoms with Gasteiger partial charge >= 0.3 is 0 Å². The summed E-state index contributed by atoms with van der Waals surface area (Å²) < 4.78 is 0. The van der Waals surface area contributed by atoms with E-state index >= 15 is 0 Å². The van der Waals surface area contributed by atoms with Crippen LogP contribution in [0, 0.1) is 0 Å². The lowest BCUT2D eigenvalue weighted by molar-refractivity contribution is -0.113. The van der Waals surface area contributed by atoms with Crippen molar-refractivity contribution in [1.29, 1.82) is 0 Å². The van der Waals surface area contributed by atoms with Crippen LogP contribution >= 0.6 is 12.6 Å². The molecule has 0 aliphatic carbocycles. The van der Waals surface area contributed by atoms with E-state index in [1.807, 2.05) is 30.3 Å². The second kappa shape index (κ2) is 3.97. The van der Waals surface area contributed by atoms with Crippen molar-refractivity contribution < 1.29 is 4.79 Å². The topological polar surface area (TPSA) is 43.1 Å². The fourth-order valence-electron chi connectivity index (χ4n) is 0.778. The van der Waals surface area contributed by atoms with E-state index in [9.17, 15) is 4.79 Å². The number of thiol groups is 1. The molecule has 2 nitrogen and oxygen atoms in total. The molecule has 1 amide bonds. The molecule has 3 heteroatoms. The molecular weight excluding hydrogens is 170 g/mol. The number of hydrogen-bond acceptors (Lipinski definition) is 2. The van der Waals surface area contributed by atoms with Gasteiger partial charge in [0.1, 0.15) is 0 Å². The molecule has 1 aromatic rings. The highest BCUT2D eigenvalue weighted by Crippen LogP contribution is 2.08. The number of hydrogen-bond donors (Lipinski definition) is 2. The summed E-state index contributed by atoms with van der Waals surface area (Å²) in [5.41, 5.74) is 5.92. The van der Waals surface area contributed by atoms with Gasteiger partial charge in [0.05, 0.1) is 4.91 Å². The van der Waals surface area contributed by atoms with Crippen LogP contribution in [0.5, 0.6) is 0 Å². The minimum atomic E-state index is -0.512. The summed E-state index contributed by atoms with van der Waals surface area (Å²) in [6.45, 7) is 0. The lowest BCUT2D eigenvalue weighted by Gasteiger charge is -1.93. The molecule has 0 heterocycles. The van der Waals surface area contributed by atoms with Gasteiger partial charge in [-0.1, -0.05) is 30.3 Å². The van der Waals surface area contributed by atoms with Crippen molar-refractivity contribution in [3.63, 3.8) is 0 Å². The van der Waals surface area contributed by atoms with Gasteiger partial charge in [-0.05, 0) is 11.6 Å². The monoisotopic (exact) mass is 179 g/mol. The van der Waals surface area contributed by atoms with Gasteiger partial charge in [0.15, 0.2) is 0 Å². The highest BCUT2D eigenvalue weighted by atomic mass is 32.1. The van der Waals surface area contributed by atoms with E-state index in [1.165, 1.54) is 0 Å². The summed E-state index contributed by atoms with van der Waals surface area (Å²) in [6.07, 6.45) is 1.63. The highest BCUT2D eigenvalue weighted by molar-refractivity contribution is 7.85. The Hall–Kier alpha value is -1.22. The number of benzene rings is 1. The van der Waals surface area contributed by atoms with Crippen molar-refractivity contribution in [2.24, 2.45) is 5.73 Å². The lowest BCUT2D eigenvalue weighted by atomic mass is 10.2. The smallest absolute Gasteiger partial charge is 0.254 e. The van der Waals surface area contributed by atoms with Crippen molar-refractivity contribution in [1.82, 2.24) is 0 Å². The largest absolute Gasteiger partial charge is 0.365 e. The second-order valence-corrected chi connectivity index (χ2v) is 2.79. The molecule has 0 atom stereocenters. The molecule has 0 aromatic heterocycles. The summed E-state index contributed by atoms with van der Waals surface area (Å²) in [7, 11) is 0. The fraction of sp³-hybridized carbons (Fsp3) is 0. The van der Waals surface area contributed by atoms with Crippen molar-refractivity contribution in [3.8, 4) is 0 Å². The third-order valence-electron chi connectivity index (χ3n) is 1.36. The maximum absolute atomic E-state index is 10.6. The first kappa shape index (κ1) is 8.87. The van der Waals surface area contributed by atoms with Gasteiger partial charge in [-0.25, -0.2) is 0 Å². The maximum atomic E-state index is 10.6. The van der Waals surface area contributed by atoms with Gasteiger partial charge in [-0.15, -0.1) is 12.6 Å². The number of primary amides is 1. The molecule has 0 unspecified atom stereocenters. The third kappa shape index (κ3) is 2.43. The zero-order valence-electron chi connectivity index (χ0n) is 6.40. The van der Waals surface area contributed by atoms with Crippen LogP contribution in [0.3, 0.4) is 0 Å². The summed E-state index contributed by atoms with van der Waals surface area (Å²) in [5, 5.41) is 0. The van der Waals surface area contributed by atoms with Crippen LogP contribution in [0.4, 0.5) is 0 Å². The fourth-order valence-corrected chi connectivity index (χ4v) is 0.927. The molecule has 1 aromatic carbocycles. The first-order valence-electron chi connectivity index (χ1n) is 3.45. The number of amides is 1. The van der Waals surface area contributed by atoms with Gasteiger partial charge in [-0.3, -0.25) is 4.79 Å². The Kier molecular flexibility index (Phi) is 2.94. The number of carbonyl (C=O) groups is 1. The van der Waals surface area contributed by atoms with E-state index in [2.05, 4.69) is 12.6 Å². The van der Waals surface area contributed by atoms with Gasteiger partial charge in [0.25, 0.3) is 5.91 Å². The van der Waals surface area contributed by atoms with E-state index in [-0.39, 0.29) is 4.91 Å². The summed E-state index contributed by atoms with van der Waals surface area (Å²) in [6, 6.07) is 9.42. The predicted octanol–water partition coefficient (Wildman–Crippen LogP) is 1.44. The molecule has 62 valence electrons. The summed E-state index contributed by atoms with van der Waals surface area (Å²) in [4.78, 5) is 10.8. The van der Waals surface area contributed by atoms with E-state index in [4.69, 9.17) is 5.73 Å². The van der Waals surface area contributed by atoms with Crippen LogP contribution in [0.15, 0.2) is 35.2 Å². The molecule has 1 rings (SSSR count). The number of nitrogens with two attached hydrogens (primary N) is 1. The van der Waals surface area contributed by atoms with Crippen LogP contribution in [0.2, 0.25) is 0 Å². The Morgan fingerprint density at radius 3 is 2.42 bits per heavy atom. The molecule has 0 aliphatic rings. The molecule has 0 saturated carbocycles. The summed E-state index contributed by atoms with van der Waals surface area (Å²) >= 11 is 3.92. The quantitative estimate of drug-likeness (QED) is 0.523. The van der Waals surface area contributed by atoms with Gasteiger partial charge in [0.2, 0.25) is 0 Å². The molecule has 2 N–H and O–H groups in total. The number of rotatable bonds is 2. The zero-order valence-corrected chi connectivity index (χ0v) is 7.29. The molecule has 0 radical (unpaired) electrons. The third-order valence-corrected chi connectivity index (χ3v) is 1.70. The van der Waals surface area contributed by atoms with Gasteiger partial charge in [0, 0.05) is 0 Å². The Morgan fingerprint density at radius 1 is 1.33 bits per heavy atom. The lowest BCUT2D eigenvalue weighted by Crippen LogP contribution is -2.09. The first-order valence-corrected chi connectivity index (χ1v) is 3.90. The van der Waals surface area contributed by atoms with Crippen molar-refractivity contribution in [2.45, 2.75) is 0 Å². The Labute approximate surface area is 76.5 Å².